The number of hydrogen-bond donors (Lipinski definition) is 1. The lowest BCUT2D eigenvalue weighted by Crippen LogP contribution is -2.34. The van der Waals surface area contributed by atoms with Crippen LogP contribution in [-0.2, 0) is 17.6 Å². The number of nitrogens with zero attached hydrogens (tertiary/aromatic N) is 3. The molecule has 134 valence electrons. The zero-order valence-corrected chi connectivity index (χ0v) is 15.7. The number of anilines is 1. The van der Waals surface area contributed by atoms with Crippen LogP contribution in [0.4, 0.5) is 5.69 Å². The highest BCUT2D eigenvalue weighted by Crippen LogP contribution is 2.33. The van der Waals surface area contributed by atoms with E-state index in [1.807, 2.05) is 0 Å². The van der Waals surface area contributed by atoms with Crippen LogP contribution in [0.3, 0.4) is 0 Å². The Kier molecular flexibility index (Phi) is 4.50. The van der Waals surface area contributed by atoms with Gasteiger partial charge < -0.3 is 5.32 Å². The molecule has 26 heavy (non-hydrogen) atoms. The lowest BCUT2D eigenvalue weighted by atomic mass is 9.97. The Morgan fingerprint density at radius 3 is 2.77 bits per heavy atom. The molecule has 6 nitrogen and oxygen atoms in total. The topological polar surface area (TPSA) is 76.9 Å². The lowest BCUT2D eigenvalue weighted by Gasteiger charge is -2.14. The second kappa shape index (κ2) is 6.81. The monoisotopic (exact) mass is 388 g/mol. The number of fused-ring (bicyclic) bond motifs is 3. The third-order valence-electron chi connectivity index (χ3n) is 4.66. The van der Waals surface area contributed by atoms with Crippen molar-refractivity contribution in [2.45, 2.75) is 38.6 Å². The van der Waals surface area contributed by atoms with Gasteiger partial charge in [-0.25, -0.2) is 0 Å². The number of carbonyl (C=O) groups is 1. The second-order valence-electron chi connectivity index (χ2n) is 6.40. The van der Waals surface area contributed by atoms with Gasteiger partial charge in [0.15, 0.2) is 4.83 Å². The number of aryl methyl sites for hydroxylation is 2. The average molecular weight is 389 g/mol. The second-order valence-corrected chi connectivity index (χ2v) is 7.92. The quantitative estimate of drug-likeness (QED) is 0.743. The van der Waals surface area contributed by atoms with Crippen molar-refractivity contribution in [3.63, 3.8) is 0 Å². The standard InChI is InChI=1S/C18H17ClN4O2S/c1-10(16(24)20-12-8-6-11(19)7-9-12)23-18(25)15-13-4-2-3-5-14(13)26-17(15)21-22-23/h6-10H,2-5H2,1H3,(H,20,24)/t10-/m1/s1. The number of aromatic nitrogens is 3. The highest BCUT2D eigenvalue weighted by atomic mass is 35.5. The van der Waals surface area contributed by atoms with Crippen LogP contribution in [0.2, 0.25) is 5.02 Å². The van der Waals surface area contributed by atoms with E-state index >= 15 is 0 Å². The molecular formula is C18H17ClN4O2S. The molecule has 0 saturated carbocycles. The van der Waals surface area contributed by atoms with Crippen LogP contribution >= 0.6 is 22.9 Å². The molecule has 0 fully saturated rings. The molecule has 1 aliphatic carbocycles. The van der Waals surface area contributed by atoms with Crippen molar-refractivity contribution in [2.24, 2.45) is 0 Å². The molecule has 2 heterocycles. The van der Waals surface area contributed by atoms with Crippen molar-refractivity contribution in [2.75, 3.05) is 5.32 Å². The van der Waals surface area contributed by atoms with Gasteiger partial charge in [0.1, 0.15) is 6.04 Å². The zero-order valence-electron chi connectivity index (χ0n) is 14.2. The molecule has 1 atom stereocenters. The number of halogens is 1. The van der Waals surface area contributed by atoms with Gasteiger partial charge in [-0.1, -0.05) is 16.8 Å². The predicted molar refractivity (Wildman–Crippen MR) is 103 cm³/mol. The van der Waals surface area contributed by atoms with Crippen LogP contribution in [-0.4, -0.2) is 20.9 Å². The highest BCUT2D eigenvalue weighted by molar-refractivity contribution is 7.18. The van der Waals surface area contributed by atoms with Crippen molar-refractivity contribution in [1.29, 1.82) is 0 Å². The Balaban J connectivity index is 1.67. The van der Waals surface area contributed by atoms with E-state index in [0.717, 1.165) is 31.2 Å². The maximum atomic E-state index is 13.0. The summed E-state index contributed by atoms with van der Waals surface area (Å²) in [6.45, 7) is 1.64. The molecule has 0 spiro atoms. The van der Waals surface area contributed by atoms with Crippen LogP contribution in [0, 0.1) is 0 Å². The van der Waals surface area contributed by atoms with Crippen LogP contribution in [0.5, 0.6) is 0 Å². The minimum absolute atomic E-state index is 0.242. The summed E-state index contributed by atoms with van der Waals surface area (Å²) in [6, 6.07) is 6.03. The number of benzene rings is 1. The Morgan fingerprint density at radius 2 is 2.00 bits per heavy atom. The van der Waals surface area contributed by atoms with Gasteiger partial charge in [0, 0.05) is 15.6 Å². The first-order valence-corrected chi connectivity index (χ1v) is 9.70. The molecule has 1 aliphatic rings. The van der Waals surface area contributed by atoms with Crippen molar-refractivity contribution < 1.29 is 4.79 Å². The van der Waals surface area contributed by atoms with E-state index in [0.29, 0.717) is 20.9 Å². The third-order valence-corrected chi connectivity index (χ3v) is 6.09. The summed E-state index contributed by atoms with van der Waals surface area (Å²) >= 11 is 7.40. The summed E-state index contributed by atoms with van der Waals surface area (Å²) in [4.78, 5) is 27.4. The van der Waals surface area contributed by atoms with Crippen molar-refractivity contribution in [3.8, 4) is 0 Å². The number of nitrogens with one attached hydrogen (secondary N) is 1. The van der Waals surface area contributed by atoms with Crippen LogP contribution < -0.4 is 10.9 Å². The highest BCUT2D eigenvalue weighted by Gasteiger charge is 2.24. The van der Waals surface area contributed by atoms with Crippen LogP contribution in [0.25, 0.3) is 10.2 Å². The molecule has 0 unspecified atom stereocenters. The summed E-state index contributed by atoms with van der Waals surface area (Å²) in [6.07, 6.45) is 4.10. The van der Waals surface area contributed by atoms with Crippen molar-refractivity contribution >= 4 is 44.7 Å². The largest absolute Gasteiger partial charge is 0.324 e. The molecule has 1 amide bonds. The average Bonchev–Trinajstić information content (AvgIpc) is 3.02. The molecule has 0 bridgehead atoms. The predicted octanol–water partition coefficient (Wildman–Crippen LogP) is 3.58. The van der Waals surface area contributed by atoms with E-state index in [1.54, 1.807) is 42.5 Å². The van der Waals surface area contributed by atoms with E-state index in [4.69, 9.17) is 11.6 Å². The van der Waals surface area contributed by atoms with Gasteiger partial charge in [-0.05, 0) is 62.4 Å². The van der Waals surface area contributed by atoms with Gasteiger partial charge in [0.2, 0.25) is 5.91 Å². The molecular weight excluding hydrogens is 372 g/mol. The Hall–Kier alpha value is -2.25. The smallest absolute Gasteiger partial charge is 0.279 e. The summed E-state index contributed by atoms with van der Waals surface area (Å²) in [5.41, 5.74) is 1.46. The first-order valence-electron chi connectivity index (χ1n) is 8.51. The third kappa shape index (κ3) is 3.01. The van der Waals surface area contributed by atoms with Gasteiger partial charge in [0.05, 0.1) is 5.39 Å². The van der Waals surface area contributed by atoms with E-state index < -0.39 is 6.04 Å². The molecule has 2 aromatic heterocycles. The molecule has 0 aliphatic heterocycles. The molecule has 8 heteroatoms. The SMILES string of the molecule is C[C@H](C(=O)Nc1ccc(Cl)cc1)n1nnc2sc3c(c2c1=O)CCCC3. The van der Waals surface area contributed by atoms with Crippen molar-refractivity contribution in [1.82, 2.24) is 15.0 Å². The van der Waals surface area contributed by atoms with E-state index in [2.05, 4.69) is 15.6 Å². The first-order chi connectivity index (χ1) is 12.5. The Bertz CT molecular complexity index is 1040. The molecule has 3 aromatic rings. The molecule has 0 radical (unpaired) electrons. The maximum absolute atomic E-state index is 13.0. The summed E-state index contributed by atoms with van der Waals surface area (Å²) in [5.74, 6) is -0.327. The minimum atomic E-state index is -0.769. The van der Waals surface area contributed by atoms with Crippen LogP contribution in [0.15, 0.2) is 29.1 Å². The number of rotatable bonds is 3. The fourth-order valence-electron chi connectivity index (χ4n) is 3.23. The number of thiophene rings is 1. The number of hydrogen-bond acceptors (Lipinski definition) is 5. The van der Waals surface area contributed by atoms with E-state index in [-0.39, 0.29) is 11.5 Å². The normalized spacial score (nSPS) is 14.8. The molecule has 1 N–H and O–H groups in total. The summed E-state index contributed by atoms with van der Waals surface area (Å²) in [5, 5.41) is 12.2. The zero-order chi connectivity index (χ0) is 18.3. The van der Waals surface area contributed by atoms with Gasteiger partial charge in [-0.2, -0.15) is 4.68 Å². The fourth-order valence-corrected chi connectivity index (χ4v) is 4.55. The first kappa shape index (κ1) is 17.2. The van der Waals surface area contributed by atoms with Gasteiger partial charge in [-0.3, -0.25) is 9.59 Å². The molecule has 0 saturated heterocycles. The summed E-state index contributed by atoms with van der Waals surface area (Å²) < 4.78 is 1.18. The van der Waals surface area contributed by atoms with E-state index in [1.165, 1.54) is 9.56 Å². The van der Waals surface area contributed by atoms with Gasteiger partial charge in [0.25, 0.3) is 5.56 Å². The number of amides is 1. The maximum Gasteiger partial charge on any atom is 0.279 e. The molecule has 1 aromatic carbocycles. The van der Waals surface area contributed by atoms with Gasteiger partial charge >= 0.3 is 0 Å². The van der Waals surface area contributed by atoms with E-state index in [9.17, 15) is 9.59 Å². The van der Waals surface area contributed by atoms with Crippen LogP contribution in [0.1, 0.15) is 36.2 Å². The molecule has 4 rings (SSSR count). The van der Waals surface area contributed by atoms with Gasteiger partial charge in [-0.15, -0.1) is 16.4 Å². The van der Waals surface area contributed by atoms with Crippen molar-refractivity contribution in [3.05, 3.63) is 50.1 Å². The Labute approximate surface area is 158 Å². The number of carbonyl (C=O) groups excluding carboxylic acids is 1. The Morgan fingerprint density at radius 1 is 1.27 bits per heavy atom. The summed E-state index contributed by atoms with van der Waals surface area (Å²) in [7, 11) is 0. The minimum Gasteiger partial charge on any atom is -0.324 e. The fraction of sp³-hybridized carbons (Fsp3) is 0.333. The lowest BCUT2D eigenvalue weighted by molar-refractivity contribution is -0.119.